The Bertz CT molecular complexity index is 1020. The SMILES string of the molecule is O=C(COC(=O)CN1c2cccc3cccc(c23)S1(=O)=O)NC[C@@H]1CCCO1. The molecule has 2 aliphatic heterocycles. The first-order chi connectivity index (χ1) is 13.5. The minimum absolute atomic E-state index is 0.00612. The molecule has 0 bridgehead atoms. The number of esters is 1. The molecule has 28 heavy (non-hydrogen) atoms. The van der Waals surface area contributed by atoms with Gasteiger partial charge in [0, 0.05) is 18.5 Å². The average Bonchev–Trinajstić information content (AvgIpc) is 3.27. The lowest BCUT2D eigenvalue weighted by Crippen LogP contribution is -2.37. The van der Waals surface area contributed by atoms with Crippen molar-refractivity contribution in [1.29, 1.82) is 0 Å². The molecule has 1 atom stereocenters. The third-order valence-corrected chi connectivity index (χ3v) is 6.67. The molecule has 1 fully saturated rings. The first-order valence-electron chi connectivity index (χ1n) is 9.05. The van der Waals surface area contributed by atoms with Crippen LogP contribution in [-0.4, -0.2) is 52.7 Å². The fraction of sp³-hybridized carbons (Fsp3) is 0.368. The molecule has 2 heterocycles. The number of hydrogen-bond acceptors (Lipinski definition) is 6. The minimum Gasteiger partial charge on any atom is -0.454 e. The number of carbonyl (C=O) groups is 2. The lowest BCUT2D eigenvalue weighted by atomic mass is 10.1. The highest BCUT2D eigenvalue weighted by atomic mass is 32.2. The number of amides is 1. The average molecular weight is 404 g/mol. The number of sulfonamides is 1. The summed E-state index contributed by atoms with van der Waals surface area (Å²) in [6.07, 6.45) is 1.85. The van der Waals surface area contributed by atoms with E-state index in [2.05, 4.69) is 5.32 Å². The predicted molar refractivity (Wildman–Crippen MR) is 101 cm³/mol. The standard InChI is InChI=1S/C19H20N2O6S/c22-17(20-10-14-6-3-9-26-14)12-27-18(23)11-21-15-7-1-4-13-5-2-8-16(19(13)15)28(21,24)25/h1-2,4-5,7-8,14H,3,6,9-12H2,(H,20,22)/t14-/m0/s1. The van der Waals surface area contributed by atoms with Gasteiger partial charge in [0.1, 0.15) is 6.54 Å². The zero-order valence-corrected chi connectivity index (χ0v) is 15.9. The summed E-state index contributed by atoms with van der Waals surface area (Å²) in [6, 6.07) is 10.2. The van der Waals surface area contributed by atoms with Gasteiger partial charge in [-0.2, -0.15) is 0 Å². The van der Waals surface area contributed by atoms with Crippen molar-refractivity contribution in [2.45, 2.75) is 23.8 Å². The van der Waals surface area contributed by atoms with Gasteiger partial charge >= 0.3 is 5.97 Å². The highest BCUT2D eigenvalue weighted by Crippen LogP contribution is 2.41. The summed E-state index contributed by atoms with van der Waals surface area (Å²) in [4.78, 5) is 24.2. The Kier molecular flexibility index (Phi) is 4.94. The monoisotopic (exact) mass is 404 g/mol. The molecule has 1 saturated heterocycles. The van der Waals surface area contributed by atoms with E-state index < -0.39 is 35.1 Å². The van der Waals surface area contributed by atoms with E-state index in [1.807, 2.05) is 12.1 Å². The van der Waals surface area contributed by atoms with Crippen LogP contribution in [0.5, 0.6) is 0 Å². The third-order valence-electron chi connectivity index (χ3n) is 4.87. The van der Waals surface area contributed by atoms with E-state index in [1.54, 1.807) is 18.2 Å². The zero-order chi connectivity index (χ0) is 19.7. The lowest BCUT2D eigenvalue weighted by molar-refractivity contribution is -0.147. The lowest BCUT2D eigenvalue weighted by Gasteiger charge is -2.17. The highest BCUT2D eigenvalue weighted by Gasteiger charge is 2.37. The second-order valence-corrected chi connectivity index (χ2v) is 8.57. The van der Waals surface area contributed by atoms with Gasteiger partial charge in [-0.1, -0.05) is 24.3 Å². The minimum atomic E-state index is -3.84. The van der Waals surface area contributed by atoms with Gasteiger partial charge in [0.25, 0.3) is 15.9 Å². The molecule has 2 aromatic rings. The number of anilines is 1. The third kappa shape index (κ3) is 3.43. The molecule has 2 aliphatic rings. The van der Waals surface area contributed by atoms with Crippen molar-refractivity contribution in [1.82, 2.24) is 5.32 Å². The van der Waals surface area contributed by atoms with Gasteiger partial charge in [-0.05, 0) is 30.4 Å². The van der Waals surface area contributed by atoms with Crippen molar-refractivity contribution in [3.63, 3.8) is 0 Å². The fourth-order valence-corrected chi connectivity index (χ4v) is 5.18. The second-order valence-electron chi connectivity index (χ2n) is 6.74. The number of rotatable bonds is 6. The van der Waals surface area contributed by atoms with Gasteiger partial charge in [-0.15, -0.1) is 0 Å². The first-order valence-corrected chi connectivity index (χ1v) is 10.5. The second kappa shape index (κ2) is 7.40. The predicted octanol–water partition coefficient (Wildman–Crippen LogP) is 1.19. The molecule has 8 nitrogen and oxygen atoms in total. The van der Waals surface area contributed by atoms with Crippen LogP contribution in [0.1, 0.15) is 12.8 Å². The molecule has 0 unspecified atom stereocenters. The molecule has 2 aromatic carbocycles. The Labute approximate surface area is 162 Å². The van der Waals surface area contributed by atoms with E-state index in [-0.39, 0.29) is 11.0 Å². The summed E-state index contributed by atoms with van der Waals surface area (Å²) >= 11 is 0. The summed E-state index contributed by atoms with van der Waals surface area (Å²) < 4.78 is 37.0. The summed E-state index contributed by atoms with van der Waals surface area (Å²) in [5, 5.41) is 4.02. The summed E-state index contributed by atoms with van der Waals surface area (Å²) in [5.41, 5.74) is 0.438. The van der Waals surface area contributed by atoms with E-state index >= 15 is 0 Å². The van der Waals surface area contributed by atoms with Gasteiger partial charge in [-0.3, -0.25) is 13.9 Å². The Morgan fingerprint density at radius 3 is 2.75 bits per heavy atom. The van der Waals surface area contributed by atoms with Crippen molar-refractivity contribution in [2.75, 3.05) is 30.6 Å². The van der Waals surface area contributed by atoms with Gasteiger partial charge < -0.3 is 14.8 Å². The number of nitrogens with zero attached hydrogens (tertiary/aromatic N) is 1. The van der Waals surface area contributed by atoms with E-state index in [4.69, 9.17) is 9.47 Å². The van der Waals surface area contributed by atoms with Crippen LogP contribution in [0.25, 0.3) is 10.8 Å². The molecule has 0 spiro atoms. The van der Waals surface area contributed by atoms with Crippen LogP contribution >= 0.6 is 0 Å². The maximum Gasteiger partial charge on any atom is 0.327 e. The Morgan fingerprint density at radius 2 is 2.00 bits per heavy atom. The fourth-order valence-electron chi connectivity index (χ4n) is 3.52. The molecule has 1 amide bonds. The zero-order valence-electron chi connectivity index (χ0n) is 15.1. The van der Waals surface area contributed by atoms with Crippen LogP contribution in [0.15, 0.2) is 41.3 Å². The van der Waals surface area contributed by atoms with Crippen LogP contribution in [0.2, 0.25) is 0 Å². The summed E-state index contributed by atoms with van der Waals surface area (Å²) in [6.45, 7) is 0.106. The molecule has 9 heteroatoms. The van der Waals surface area contributed by atoms with Crippen molar-refractivity contribution in [2.24, 2.45) is 0 Å². The van der Waals surface area contributed by atoms with Crippen molar-refractivity contribution >= 4 is 38.4 Å². The van der Waals surface area contributed by atoms with Gasteiger partial charge in [0.15, 0.2) is 6.61 Å². The molecule has 0 aromatic heterocycles. The first kappa shape index (κ1) is 18.7. The van der Waals surface area contributed by atoms with Gasteiger partial charge in [0.2, 0.25) is 0 Å². The molecule has 148 valence electrons. The molecule has 4 rings (SSSR count). The van der Waals surface area contributed by atoms with Crippen molar-refractivity contribution in [3.8, 4) is 0 Å². The van der Waals surface area contributed by atoms with Crippen LogP contribution < -0.4 is 9.62 Å². The summed E-state index contributed by atoms with van der Waals surface area (Å²) in [5.74, 6) is -1.24. The van der Waals surface area contributed by atoms with Crippen LogP contribution in [-0.2, 0) is 29.1 Å². The molecule has 1 N–H and O–H groups in total. The van der Waals surface area contributed by atoms with E-state index in [0.717, 1.165) is 22.5 Å². The Morgan fingerprint density at radius 1 is 1.21 bits per heavy atom. The molecule has 0 saturated carbocycles. The smallest absolute Gasteiger partial charge is 0.327 e. The van der Waals surface area contributed by atoms with Gasteiger partial charge in [0.05, 0.1) is 16.7 Å². The van der Waals surface area contributed by atoms with Crippen LogP contribution in [0, 0.1) is 0 Å². The Hall–Kier alpha value is -2.65. The highest BCUT2D eigenvalue weighted by molar-refractivity contribution is 7.93. The number of benzene rings is 2. The van der Waals surface area contributed by atoms with E-state index in [0.29, 0.717) is 24.2 Å². The van der Waals surface area contributed by atoms with Crippen LogP contribution in [0.3, 0.4) is 0 Å². The van der Waals surface area contributed by atoms with E-state index in [9.17, 15) is 18.0 Å². The number of hydrogen-bond donors (Lipinski definition) is 1. The largest absolute Gasteiger partial charge is 0.454 e. The normalized spacial score (nSPS) is 19.7. The van der Waals surface area contributed by atoms with Gasteiger partial charge in [-0.25, -0.2) is 8.42 Å². The van der Waals surface area contributed by atoms with Crippen molar-refractivity contribution < 1.29 is 27.5 Å². The molecule has 0 aliphatic carbocycles. The number of carbonyl (C=O) groups excluding carboxylic acids is 2. The Balaban J connectivity index is 1.38. The van der Waals surface area contributed by atoms with E-state index in [1.165, 1.54) is 6.07 Å². The quantitative estimate of drug-likeness (QED) is 0.726. The van der Waals surface area contributed by atoms with Crippen molar-refractivity contribution in [3.05, 3.63) is 36.4 Å². The topological polar surface area (TPSA) is 102 Å². The van der Waals surface area contributed by atoms with Crippen LogP contribution in [0.4, 0.5) is 5.69 Å². The molecule has 0 radical (unpaired) electrons. The maximum absolute atomic E-state index is 12.8. The summed E-state index contributed by atoms with van der Waals surface area (Å²) in [7, 11) is -3.84. The molecular formula is C19H20N2O6S. The maximum atomic E-state index is 12.8. The number of nitrogens with one attached hydrogen (secondary N) is 1. The number of ether oxygens (including phenoxy) is 2. The molecular weight excluding hydrogens is 384 g/mol.